The molecule has 194 valence electrons. The third-order valence-corrected chi connectivity index (χ3v) is 6.21. The number of carbonyl (C=O) groups excluding carboxylic acids is 3. The normalized spacial score (nSPS) is 17.6. The zero-order valence-electron chi connectivity index (χ0n) is 22.2. The summed E-state index contributed by atoms with van der Waals surface area (Å²) in [5.41, 5.74) is -4.29. The first-order valence-electron chi connectivity index (χ1n) is 11.5. The van der Waals surface area contributed by atoms with Gasteiger partial charge in [-0.05, 0) is 38.7 Å². The number of ether oxygens (including phenoxy) is 3. The molecule has 1 unspecified atom stereocenters. The molecule has 0 spiro atoms. The van der Waals surface area contributed by atoms with Crippen molar-refractivity contribution >= 4 is 40.0 Å². The maximum atomic E-state index is 13.5. The van der Waals surface area contributed by atoms with E-state index in [4.69, 9.17) is 18.6 Å². The second-order valence-electron chi connectivity index (χ2n) is 10.8. The molecule has 1 aromatic carbocycles. The number of methoxy groups -OCH3 is 3. The molecule has 0 saturated heterocycles. The molecule has 1 atom stereocenters. The van der Waals surface area contributed by atoms with Crippen LogP contribution in [0.15, 0.2) is 27.4 Å². The Morgan fingerprint density at radius 3 is 2.14 bits per heavy atom. The molecule has 0 fully saturated rings. The quantitative estimate of drug-likeness (QED) is 0.345. The number of Topliss-reactive ketones (excluding diaryl/α,β-unsaturated/α-hetero) is 1. The number of esters is 2. The Hall–Kier alpha value is -3.62. The van der Waals surface area contributed by atoms with E-state index < -0.39 is 34.3 Å². The minimum Gasteiger partial charge on any atom is -0.493 e. The van der Waals surface area contributed by atoms with Crippen molar-refractivity contribution in [2.24, 2.45) is 10.8 Å². The van der Waals surface area contributed by atoms with Crippen LogP contribution in [0.5, 0.6) is 5.75 Å². The van der Waals surface area contributed by atoms with Crippen molar-refractivity contribution in [3.63, 3.8) is 0 Å². The molecule has 0 amide bonds. The molecule has 3 rings (SSSR count). The molecule has 0 bridgehead atoms. The summed E-state index contributed by atoms with van der Waals surface area (Å²) in [6.45, 7) is 11.1. The molecular weight excluding hydrogens is 466 g/mol. The van der Waals surface area contributed by atoms with Crippen LogP contribution in [-0.2, 0) is 23.9 Å². The zero-order chi connectivity index (χ0) is 27.2. The highest BCUT2D eigenvalue weighted by Crippen LogP contribution is 2.43. The van der Waals surface area contributed by atoms with E-state index in [0.29, 0.717) is 11.8 Å². The Balaban J connectivity index is 2.69. The van der Waals surface area contributed by atoms with Gasteiger partial charge in [-0.25, -0.2) is 9.59 Å². The van der Waals surface area contributed by atoms with E-state index in [1.54, 1.807) is 18.2 Å². The number of hydrogen-bond acceptors (Lipinski definition) is 9. The first kappa shape index (κ1) is 27.0. The molecule has 9 heteroatoms. The Morgan fingerprint density at radius 2 is 1.64 bits per heavy atom. The first-order chi connectivity index (χ1) is 16.7. The lowest BCUT2D eigenvalue weighted by molar-refractivity contribution is -0.152. The Morgan fingerprint density at radius 1 is 1.00 bits per heavy atom. The summed E-state index contributed by atoms with van der Waals surface area (Å²) in [4.78, 5) is 53.9. The van der Waals surface area contributed by atoms with Crippen molar-refractivity contribution in [1.29, 1.82) is 0 Å². The molecule has 36 heavy (non-hydrogen) atoms. The lowest BCUT2D eigenvalue weighted by atomic mass is 9.74. The average Bonchev–Trinajstić information content (AvgIpc) is 3.07. The molecule has 1 heterocycles. The summed E-state index contributed by atoms with van der Waals surface area (Å²) in [5, 5.41) is 3.56. The van der Waals surface area contributed by atoms with E-state index in [9.17, 15) is 19.2 Å². The average molecular weight is 500 g/mol. The van der Waals surface area contributed by atoms with Crippen LogP contribution >= 0.6 is 0 Å². The van der Waals surface area contributed by atoms with E-state index in [-0.39, 0.29) is 38.5 Å². The van der Waals surface area contributed by atoms with Gasteiger partial charge >= 0.3 is 17.6 Å². The lowest BCUT2D eigenvalue weighted by Gasteiger charge is -2.38. The molecule has 1 aliphatic carbocycles. The molecule has 2 aromatic rings. The molecular formula is C27H33NO8. The molecule has 1 aromatic heterocycles. The van der Waals surface area contributed by atoms with E-state index in [1.807, 2.05) is 34.6 Å². The summed E-state index contributed by atoms with van der Waals surface area (Å²) in [6.07, 6.45) is 0.592. The van der Waals surface area contributed by atoms with Crippen molar-refractivity contribution < 1.29 is 33.0 Å². The first-order valence-corrected chi connectivity index (χ1v) is 11.5. The summed E-state index contributed by atoms with van der Waals surface area (Å²) in [6, 6.07) is 4.87. The number of carbonyl (C=O) groups is 3. The van der Waals surface area contributed by atoms with Gasteiger partial charge in [-0.1, -0.05) is 32.9 Å². The number of hydrogen-bond donors (Lipinski definition) is 1. The van der Waals surface area contributed by atoms with Crippen LogP contribution in [0, 0.1) is 10.8 Å². The van der Waals surface area contributed by atoms with Gasteiger partial charge in [-0.3, -0.25) is 9.59 Å². The summed E-state index contributed by atoms with van der Waals surface area (Å²) >= 11 is 0. The van der Waals surface area contributed by atoms with Gasteiger partial charge in [0.2, 0.25) is 0 Å². The standard InChI is InChI=1S/C27H33NO8/c1-14(29)27(24(32)35-9)19(23(31)34-8)17-15-11-10-12-16(33-7)20(15)36-22(30)18(17)21(27)28-26(5,6)13-25(2,3)4/h10-12,28H,13H2,1-9H3. The van der Waals surface area contributed by atoms with Crippen LogP contribution in [-0.4, -0.2) is 44.6 Å². The minimum absolute atomic E-state index is 0.0648. The topological polar surface area (TPSA) is 121 Å². The summed E-state index contributed by atoms with van der Waals surface area (Å²) in [5.74, 6) is -2.43. The monoisotopic (exact) mass is 499 g/mol. The van der Waals surface area contributed by atoms with Crippen molar-refractivity contribution in [2.45, 2.75) is 53.5 Å². The molecule has 0 aliphatic heterocycles. The van der Waals surface area contributed by atoms with Crippen molar-refractivity contribution in [3.05, 3.63) is 39.1 Å². The van der Waals surface area contributed by atoms with Gasteiger partial charge in [-0.2, -0.15) is 0 Å². The van der Waals surface area contributed by atoms with Gasteiger partial charge in [0.05, 0.1) is 37.8 Å². The second-order valence-corrected chi connectivity index (χ2v) is 10.8. The number of para-hydroxylation sites is 1. The molecule has 9 nitrogen and oxygen atoms in total. The highest BCUT2D eigenvalue weighted by atomic mass is 16.5. The molecule has 0 saturated carbocycles. The molecule has 1 aliphatic rings. The fourth-order valence-electron chi connectivity index (χ4n) is 5.42. The van der Waals surface area contributed by atoms with E-state index in [2.05, 4.69) is 5.32 Å². The van der Waals surface area contributed by atoms with Gasteiger partial charge in [0.1, 0.15) is 0 Å². The third-order valence-electron chi connectivity index (χ3n) is 6.21. The predicted molar refractivity (Wildman–Crippen MR) is 134 cm³/mol. The van der Waals surface area contributed by atoms with Gasteiger partial charge in [0.25, 0.3) is 0 Å². The van der Waals surface area contributed by atoms with Crippen molar-refractivity contribution in [1.82, 2.24) is 5.32 Å². The SMILES string of the molecule is COC(=O)C1=c2c(c(=O)oc3c(OC)cccc23)=C(NC(C)(C)CC(C)(C)C)C1(C(C)=O)C(=O)OC. The van der Waals surface area contributed by atoms with Gasteiger partial charge < -0.3 is 23.9 Å². The number of rotatable bonds is 7. The van der Waals surface area contributed by atoms with Crippen LogP contribution in [0.2, 0.25) is 0 Å². The predicted octanol–water partition coefficient (Wildman–Crippen LogP) is 1.80. The Labute approximate surface area is 209 Å². The van der Waals surface area contributed by atoms with Crippen LogP contribution in [0.4, 0.5) is 0 Å². The smallest absolute Gasteiger partial charge is 0.346 e. The maximum Gasteiger partial charge on any atom is 0.346 e. The fourth-order valence-corrected chi connectivity index (χ4v) is 5.42. The Kier molecular flexibility index (Phi) is 6.83. The largest absolute Gasteiger partial charge is 0.493 e. The van der Waals surface area contributed by atoms with Gasteiger partial charge in [0.15, 0.2) is 22.5 Å². The van der Waals surface area contributed by atoms with Gasteiger partial charge in [0, 0.05) is 16.1 Å². The number of ketones is 1. The summed E-state index contributed by atoms with van der Waals surface area (Å²) in [7, 11) is 3.67. The molecule has 0 radical (unpaired) electrons. The second kappa shape index (κ2) is 9.11. The van der Waals surface area contributed by atoms with E-state index in [1.165, 1.54) is 14.0 Å². The van der Waals surface area contributed by atoms with Crippen LogP contribution in [0.1, 0.15) is 48.0 Å². The zero-order valence-corrected chi connectivity index (χ0v) is 22.2. The highest BCUT2D eigenvalue weighted by molar-refractivity contribution is 6.33. The van der Waals surface area contributed by atoms with Crippen LogP contribution in [0.25, 0.3) is 22.2 Å². The van der Waals surface area contributed by atoms with Crippen LogP contribution < -0.4 is 26.1 Å². The fraction of sp³-hybridized carbons (Fsp3) is 0.481. The number of benzene rings is 1. The lowest BCUT2D eigenvalue weighted by Crippen LogP contribution is -2.53. The van der Waals surface area contributed by atoms with E-state index in [0.717, 1.165) is 14.2 Å². The minimum atomic E-state index is -2.27. The highest BCUT2D eigenvalue weighted by Gasteiger charge is 2.59. The third kappa shape index (κ3) is 4.16. The van der Waals surface area contributed by atoms with Gasteiger partial charge in [-0.15, -0.1) is 0 Å². The van der Waals surface area contributed by atoms with Crippen LogP contribution in [0.3, 0.4) is 0 Å². The summed E-state index contributed by atoms with van der Waals surface area (Å²) < 4.78 is 21.2. The molecule has 1 N–H and O–H groups in total. The maximum absolute atomic E-state index is 13.5. The number of fused-ring (bicyclic) bond motifs is 3. The van der Waals surface area contributed by atoms with E-state index >= 15 is 0 Å². The van der Waals surface area contributed by atoms with Crippen molar-refractivity contribution in [2.75, 3.05) is 21.3 Å². The Bertz CT molecular complexity index is 1440. The number of nitrogens with one attached hydrogen (secondary N) is 1. The van der Waals surface area contributed by atoms with Crippen molar-refractivity contribution in [3.8, 4) is 5.75 Å².